The Bertz CT molecular complexity index is 449. The molecular weight excluding hydrogens is 270 g/mol. The molecule has 0 bridgehead atoms. The molecule has 4 heteroatoms. The summed E-state index contributed by atoms with van der Waals surface area (Å²) in [7, 11) is 1.55. The van der Waals surface area contributed by atoms with E-state index in [1.807, 2.05) is 13.0 Å². The molecule has 1 amide bonds. The van der Waals surface area contributed by atoms with Gasteiger partial charge >= 0.3 is 0 Å². The van der Waals surface area contributed by atoms with E-state index in [2.05, 4.69) is 27.2 Å². The highest BCUT2D eigenvalue weighted by molar-refractivity contribution is 9.10. The topological polar surface area (TPSA) is 38.3 Å². The van der Waals surface area contributed by atoms with Crippen LogP contribution >= 0.6 is 15.9 Å². The van der Waals surface area contributed by atoms with Crippen molar-refractivity contribution < 1.29 is 9.53 Å². The van der Waals surface area contributed by atoms with Crippen LogP contribution in [0.25, 0.3) is 0 Å². The number of ether oxygens (including phenoxy) is 1. The first-order valence-corrected chi connectivity index (χ1v) is 5.45. The Morgan fingerprint density at radius 3 is 2.88 bits per heavy atom. The van der Waals surface area contributed by atoms with E-state index in [1.54, 1.807) is 13.2 Å². The van der Waals surface area contributed by atoms with E-state index >= 15 is 0 Å². The molecule has 16 heavy (non-hydrogen) atoms. The smallest absolute Gasteiger partial charge is 0.252 e. The summed E-state index contributed by atoms with van der Waals surface area (Å²) in [6.07, 6.45) is 5.08. The molecule has 84 valence electrons. The Morgan fingerprint density at radius 1 is 1.62 bits per heavy atom. The number of aryl methyl sites for hydroxylation is 1. The predicted molar refractivity (Wildman–Crippen MR) is 66.6 cm³/mol. The number of amides is 1. The molecule has 0 aliphatic rings. The second-order valence-corrected chi connectivity index (χ2v) is 4.04. The van der Waals surface area contributed by atoms with Gasteiger partial charge in [-0.05, 0) is 40.5 Å². The largest absolute Gasteiger partial charge is 0.496 e. The molecule has 1 aromatic rings. The Kier molecular flexibility index (Phi) is 4.39. The second-order valence-electron chi connectivity index (χ2n) is 3.19. The first-order chi connectivity index (χ1) is 7.60. The van der Waals surface area contributed by atoms with Gasteiger partial charge in [0.25, 0.3) is 5.91 Å². The minimum atomic E-state index is -0.193. The Labute approximate surface area is 103 Å². The van der Waals surface area contributed by atoms with Gasteiger partial charge in [0.15, 0.2) is 0 Å². The molecular formula is C12H12BrNO2. The summed E-state index contributed by atoms with van der Waals surface area (Å²) in [6, 6.07) is 3.52. The summed E-state index contributed by atoms with van der Waals surface area (Å²) >= 11 is 3.35. The van der Waals surface area contributed by atoms with Crippen LogP contribution in [-0.2, 0) is 0 Å². The van der Waals surface area contributed by atoms with Crippen LogP contribution in [0.4, 0.5) is 0 Å². The number of halogens is 1. The van der Waals surface area contributed by atoms with Crippen LogP contribution in [0, 0.1) is 19.3 Å². The molecule has 1 rings (SSSR count). The maximum absolute atomic E-state index is 11.7. The van der Waals surface area contributed by atoms with Crippen molar-refractivity contribution in [1.29, 1.82) is 0 Å². The van der Waals surface area contributed by atoms with Crippen LogP contribution in [0.1, 0.15) is 15.9 Å². The number of hydrogen-bond donors (Lipinski definition) is 1. The van der Waals surface area contributed by atoms with Crippen LogP contribution in [0.15, 0.2) is 16.6 Å². The third-order valence-corrected chi connectivity index (χ3v) is 2.71. The van der Waals surface area contributed by atoms with E-state index in [1.165, 1.54) is 0 Å². The lowest BCUT2D eigenvalue weighted by Crippen LogP contribution is -2.24. The predicted octanol–water partition coefficient (Wildman–Crippen LogP) is 2.13. The van der Waals surface area contributed by atoms with Crippen LogP contribution in [-0.4, -0.2) is 19.6 Å². The van der Waals surface area contributed by atoms with Gasteiger partial charge in [-0.1, -0.05) is 5.92 Å². The zero-order valence-corrected chi connectivity index (χ0v) is 10.7. The Morgan fingerprint density at radius 2 is 2.31 bits per heavy atom. The molecule has 0 aromatic heterocycles. The lowest BCUT2D eigenvalue weighted by Gasteiger charge is -2.09. The third-order valence-electron chi connectivity index (χ3n) is 2.09. The first kappa shape index (κ1) is 12.6. The van der Waals surface area contributed by atoms with Gasteiger partial charge in [0.1, 0.15) is 5.75 Å². The van der Waals surface area contributed by atoms with E-state index in [-0.39, 0.29) is 12.5 Å². The van der Waals surface area contributed by atoms with Gasteiger partial charge in [-0.2, -0.15) is 0 Å². The van der Waals surface area contributed by atoms with E-state index in [0.29, 0.717) is 11.3 Å². The molecule has 0 spiro atoms. The number of terminal acetylenes is 1. The lowest BCUT2D eigenvalue weighted by molar-refractivity contribution is 0.0957. The second kappa shape index (κ2) is 5.57. The highest BCUT2D eigenvalue weighted by atomic mass is 79.9. The van der Waals surface area contributed by atoms with Crippen molar-refractivity contribution in [2.24, 2.45) is 0 Å². The molecule has 1 N–H and O–H groups in total. The summed E-state index contributed by atoms with van der Waals surface area (Å²) in [5.74, 6) is 2.78. The summed E-state index contributed by atoms with van der Waals surface area (Å²) in [5, 5.41) is 2.61. The minimum Gasteiger partial charge on any atom is -0.496 e. The van der Waals surface area contributed by atoms with Gasteiger partial charge in [0, 0.05) is 5.56 Å². The standard InChI is InChI=1S/C12H12BrNO2/c1-4-5-14-12(15)9-7-11(16-3)10(13)6-8(9)2/h1,6-7H,5H2,2-3H3,(H,14,15). The van der Waals surface area contributed by atoms with Gasteiger partial charge < -0.3 is 10.1 Å². The quantitative estimate of drug-likeness (QED) is 0.862. The van der Waals surface area contributed by atoms with Crippen molar-refractivity contribution in [3.8, 4) is 18.1 Å². The number of benzene rings is 1. The molecule has 0 atom stereocenters. The molecule has 0 radical (unpaired) electrons. The van der Waals surface area contributed by atoms with Crippen LogP contribution in [0.2, 0.25) is 0 Å². The number of methoxy groups -OCH3 is 1. The van der Waals surface area contributed by atoms with Crippen molar-refractivity contribution in [1.82, 2.24) is 5.32 Å². The Balaban J connectivity index is 3.04. The van der Waals surface area contributed by atoms with Crippen molar-refractivity contribution in [3.05, 3.63) is 27.7 Å². The molecule has 1 aromatic carbocycles. The first-order valence-electron chi connectivity index (χ1n) is 4.66. The fourth-order valence-corrected chi connectivity index (χ4v) is 1.90. The van der Waals surface area contributed by atoms with E-state index < -0.39 is 0 Å². The maximum atomic E-state index is 11.7. The average Bonchev–Trinajstić information content (AvgIpc) is 2.26. The Hall–Kier alpha value is -1.47. The van der Waals surface area contributed by atoms with Gasteiger partial charge in [0.2, 0.25) is 0 Å². The maximum Gasteiger partial charge on any atom is 0.252 e. The van der Waals surface area contributed by atoms with Crippen LogP contribution in [0.5, 0.6) is 5.75 Å². The molecule has 0 saturated heterocycles. The fourth-order valence-electron chi connectivity index (χ4n) is 1.28. The van der Waals surface area contributed by atoms with Gasteiger partial charge in [-0.3, -0.25) is 4.79 Å². The average molecular weight is 282 g/mol. The SMILES string of the molecule is C#CCNC(=O)c1cc(OC)c(Br)cc1C. The number of carbonyl (C=O) groups excluding carboxylic acids is 1. The number of rotatable bonds is 3. The molecule has 0 aliphatic carbocycles. The monoisotopic (exact) mass is 281 g/mol. The van der Waals surface area contributed by atoms with Crippen molar-refractivity contribution in [3.63, 3.8) is 0 Å². The van der Waals surface area contributed by atoms with Crippen molar-refractivity contribution >= 4 is 21.8 Å². The summed E-state index contributed by atoms with van der Waals surface area (Å²) in [4.78, 5) is 11.7. The molecule has 0 fully saturated rings. The number of carbonyl (C=O) groups is 1. The number of hydrogen-bond acceptors (Lipinski definition) is 2. The van der Waals surface area contributed by atoms with E-state index in [9.17, 15) is 4.79 Å². The zero-order valence-electron chi connectivity index (χ0n) is 9.13. The van der Waals surface area contributed by atoms with Crippen molar-refractivity contribution in [2.75, 3.05) is 13.7 Å². The summed E-state index contributed by atoms with van der Waals surface area (Å²) in [6.45, 7) is 2.08. The highest BCUT2D eigenvalue weighted by Crippen LogP contribution is 2.28. The minimum absolute atomic E-state index is 0.193. The highest BCUT2D eigenvalue weighted by Gasteiger charge is 2.12. The van der Waals surface area contributed by atoms with Gasteiger partial charge in [0.05, 0.1) is 18.1 Å². The zero-order chi connectivity index (χ0) is 12.1. The number of nitrogens with one attached hydrogen (secondary N) is 1. The normalized spacial score (nSPS) is 9.38. The molecule has 0 heterocycles. The van der Waals surface area contributed by atoms with E-state index in [0.717, 1.165) is 10.0 Å². The molecule has 0 saturated carbocycles. The molecule has 0 aliphatic heterocycles. The molecule has 0 unspecified atom stereocenters. The van der Waals surface area contributed by atoms with Crippen LogP contribution < -0.4 is 10.1 Å². The van der Waals surface area contributed by atoms with E-state index in [4.69, 9.17) is 11.2 Å². The molecule has 3 nitrogen and oxygen atoms in total. The summed E-state index contributed by atoms with van der Waals surface area (Å²) in [5.41, 5.74) is 1.43. The third kappa shape index (κ3) is 2.77. The fraction of sp³-hybridized carbons (Fsp3) is 0.250. The van der Waals surface area contributed by atoms with Crippen LogP contribution in [0.3, 0.4) is 0 Å². The van der Waals surface area contributed by atoms with Gasteiger partial charge in [-0.25, -0.2) is 0 Å². The van der Waals surface area contributed by atoms with Gasteiger partial charge in [-0.15, -0.1) is 6.42 Å². The summed E-state index contributed by atoms with van der Waals surface area (Å²) < 4.78 is 5.95. The lowest BCUT2D eigenvalue weighted by atomic mass is 10.1. The van der Waals surface area contributed by atoms with Crippen molar-refractivity contribution in [2.45, 2.75) is 6.92 Å².